The number of hydrogen-bond donors (Lipinski definition) is 0. The number of nitrogens with zero attached hydrogens (tertiary/aromatic N) is 3. The lowest BCUT2D eigenvalue weighted by molar-refractivity contribution is 0.466. The fourth-order valence-electron chi connectivity index (χ4n) is 10.2. The Bertz CT molecular complexity index is 3340. The molecule has 13 rings (SSSR count). The van der Waals surface area contributed by atoms with Gasteiger partial charge >= 0.3 is 0 Å². The number of ether oxygens (including phenoxy) is 2. The highest BCUT2D eigenvalue weighted by Crippen LogP contribution is 2.60. The molecule has 3 aliphatic heterocycles. The van der Waals surface area contributed by atoms with Gasteiger partial charge < -0.3 is 24.2 Å². The van der Waals surface area contributed by atoms with Crippen LogP contribution in [0.5, 0.6) is 23.0 Å². The summed E-state index contributed by atoms with van der Waals surface area (Å²) in [6.07, 6.45) is 0. The molecule has 0 saturated heterocycles. The quantitative estimate of drug-likeness (QED) is 0.162. The predicted octanol–water partition coefficient (Wildman–Crippen LogP) is 13.4. The van der Waals surface area contributed by atoms with E-state index in [1.54, 1.807) is 0 Å². The molecule has 0 aliphatic carbocycles. The van der Waals surface area contributed by atoms with Gasteiger partial charge in [0.15, 0.2) is 0 Å². The Kier molecular flexibility index (Phi) is 7.63. The number of rotatable bonds is 5. The monoisotopic (exact) mass is 793 g/mol. The Balaban J connectivity index is 1.15. The van der Waals surface area contributed by atoms with Crippen molar-refractivity contribution in [3.63, 3.8) is 0 Å². The molecular formula is C56H36BN3O2. The average Bonchev–Trinajstić information content (AvgIpc) is 3.34. The molecule has 0 radical (unpaired) electrons. The summed E-state index contributed by atoms with van der Waals surface area (Å²) in [4.78, 5) is 7.17. The first kappa shape index (κ1) is 34.6. The van der Waals surface area contributed by atoms with Crippen molar-refractivity contribution in [2.45, 2.75) is 0 Å². The summed E-state index contributed by atoms with van der Waals surface area (Å²) in [5, 5.41) is 4.54. The molecule has 290 valence electrons. The van der Waals surface area contributed by atoms with E-state index in [0.717, 1.165) is 112 Å². The largest absolute Gasteiger partial charge is 0.458 e. The van der Waals surface area contributed by atoms with E-state index >= 15 is 0 Å². The zero-order valence-electron chi connectivity index (χ0n) is 33.5. The van der Waals surface area contributed by atoms with E-state index < -0.39 is 0 Å². The lowest BCUT2D eigenvalue weighted by Crippen LogP contribution is -2.58. The molecule has 62 heavy (non-hydrogen) atoms. The van der Waals surface area contributed by atoms with Crippen molar-refractivity contribution in [1.29, 1.82) is 0 Å². The van der Waals surface area contributed by atoms with Crippen molar-refractivity contribution in [3.8, 4) is 23.0 Å². The van der Waals surface area contributed by atoms with Gasteiger partial charge in [-0.15, -0.1) is 0 Å². The smallest absolute Gasteiger partial charge is 0.262 e. The molecule has 0 spiro atoms. The van der Waals surface area contributed by atoms with E-state index in [2.05, 4.69) is 233 Å². The first-order valence-electron chi connectivity index (χ1n) is 21.1. The van der Waals surface area contributed by atoms with Gasteiger partial charge in [-0.2, -0.15) is 0 Å². The Labute approximate surface area is 360 Å². The van der Waals surface area contributed by atoms with E-state index in [1.807, 2.05) is 0 Å². The van der Waals surface area contributed by atoms with Crippen LogP contribution in [-0.2, 0) is 0 Å². The van der Waals surface area contributed by atoms with E-state index in [0.29, 0.717) is 0 Å². The van der Waals surface area contributed by atoms with E-state index in [1.165, 1.54) is 0 Å². The molecule has 0 atom stereocenters. The molecule has 3 aliphatic rings. The second-order valence-electron chi connectivity index (χ2n) is 16.0. The van der Waals surface area contributed by atoms with E-state index in [4.69, 9.17) is 9.47 Å². The molecular weight excluding hydrogens is 757 g/mol. The topological polar surface area (TPSA) is 28.2 Å². The minimum Gasteiger partial charge on any atom is -0.458 e. The molecule has 0 bridgehead atoms. The molecule has 0 aromatic heterocycles. The molecule has 0 unspecified atom stereocenters. The van der Waals surface area contributed by atoms with Crippen LogP contribution in [0, 0.1) is 0 Å². The molecule has 10 aromatic rings. The standard InChI is InChI=1S/C56H36BN3O2/c1-5-20-37(21-6-1)58(38-22-7-2-8-23-38)47-36-50-51(42-29-14-13-28-41(42)47)57-52-43-30-15-16-31-44(43)54-55(56(52)62-49-35-19-34-48(61-50)53(49)57)60(40-26-11-4-12-27-40)46-33-18-17-32-45(46)59(54)39-24-9-3-10-25-39/h1-36H. The van der Waals surface area contributed by atoms with Crippen LogP contribution in [0.4, 0.5) is 51.2 Å². The molecule has 3 heterocycles. The summed E-state index contributed by atoms with van der Waals surface area (Å²) in [6, 6.07) is 77.5. The van der Waals surface area contributed by atoms with Gasteiger partial charge in [0.25, 0.3) is 6.71 Å². The normalized spacial score (nSPS) is 13.0. The minimum atomic E-state index is -0.218. The molecule has 6 heteroatoms. The van der Waals surface area contributed by atoms with Crippen LogP contribution in [-0.4, -0.2) is 6.71 Å². The van der Waals surface area contributed by atoms with Gasteiger partial charge in [-0.1, -0.05) is 140 Å². The number of benzene rings is 10. The third-order valence-electron chi connectivity index (χ3n) is 12.6. The summed E-state index contributed by atoms with van der Waals surface area (Å²) in [7, 11) is 0. The number of anilines is 9. The molecule has 0 amide bonds. The van der Waals surface area contributed by atoms with Crippen LogP contribution in [0.25, 0.3) is 21.5 Å². The first-order chi connectivity index (χ1) is 30.8. The van der Waals surface area contributed by atoms with Gasteiger partial charge in [0, 0.05) is 45.1 Å². The highest BCUT2D eigenvalue weighted by atomic mass is 16.5. The second-order valence-corrected chi connectivity index (χ2v) is 16.0. The maximum atomic E-state index is 7.43. The highest BCUT2D eigenvalue weighted by Gasteiger charge is 2.47. The van der Waals surface area contributed by atoms with Crippen LogP contribution in [0.3, 0.4) is 0 Å². The van der Waals surface area contributed by atoms with Crippen LogP contribution in [0.15, 0.2) is 218 Å². The summed E-state index contributed by atoms with van der Waals surface area (Å²) >= 11 is 0. The van der Waals surface area contributed by atoms with Crippen molar-refractivity contribution in [2.75, 3.05) is 14.7 Å². The molecule has 5 nitrogen and oxygen atoms in total. The van der Waals surface area contributed by atoms with Crippen molar-refractivity contribution < 1.29 is 9.47 Å². The lowest BCUT2D eigenvalue weighted by Gasteiger charge is -2.44. The fraction of sp³-hybridized carbons (Fsp3) is 0. The number of fused-ring (bicyclic) bond motifs is 12. The highest BCUT2D eigenvalue weighted by molar-refractivity contribution is 7.01. The third-order valence-corrected chi connectivity index (χ3v) is 12.6. The second kappa shape index (κ2) is 13.7. The van der Waals surface area contributed by atoms with Gasteiger partial charge in [-0.05, 0) is 94.5 Å². The predicted molar refractivity (Wildman–Crippen MR) is 257 cm³/mol. The summed E-state index contributed by atoms with van der Waals surface area (Å²) < 4.78 is 14.6. The summed E-state index contributed by atoms with van der Waals surface area (Å²) in [6.45, 7) is -0.218. The van der Waals surface area contributed by atoms with Crippen molar-refractivity contribution in [2.24, 2.45) is 0 Å². The maximum absolute atomic E-state index is 7.43. The molecule has 0 saturated carbocycles. The van der Waals surface area contributed by atoms with Crippen molar-refractivity contribution in [1.82, 2.24) is 0 Å². The van der Waals surface area contributed by atoms with Gasteiger partial charge in [-0.3, -0.25) is 0 Å². The SMILES string of the molecule is c1ccc(N2c3ccccc3N(c3ccccc3)c3c2c2c(c4ccccc34)B3c4c(cccc4O2)Oc2cc(N(c4ccccc4)c4ccccc4)c4ccccc4c23)cc1. The molecule has 10 aromatic carbocycles. The van der Waals surface area contributed by atoms with Crippen LogP contribution in [0.1, 0.15) is 0 Å². The fourth-order valence-corrected chi connectivity index (χ4v) is 10.2. The van der Waals surface area contributed by atoms with E-state index in [-0.39, 0.29) is 6.71 Å². The van der Waals surface area contributed by atoms with Gasteiger partial charge in [-0.25, -0.2) is 0 Å². The number of hydrogen-bond acceptors (Lipinski definition) is 5. The number of para-hydroxylation sites is 6. The van der Waals surface area contributed by atoms with Gasteiger partial charge in [0.2, 0.25) is 0 Å². The summed E-state index contributed by atoms with van der Waals surface area (Å²) in [5.74, 6) is 3.26. The molecule has 0 fully saturated rings. The van der Waals surface area contributed by atoms with Crippen LogP contribution in [0.2, 0.25) is 0 Å². The third kappa shape index (κ3) is 5.04. The summed E-state index contributed by atoms with van der Waals surface area (Å²) in [5.41, 5.74) is 12.8. The first-order valence-corrected chi connectivity index (χ1v) is 21.1. The zero-order chi connectivity index (χ0) is 40.7. The minimum absolute atomic E-state index is 0.218. The average molecular weight is 794 g/mol. The Hall–Kier alpha value is -8.22. The lowest BCUT2D eigenvalue weighted by atomic mass is 9.33. The maximum Gasteiger partial charge on any atom is 0.262 e. The van der Waals surface area contributed by atoms with Gasteiger partial charge in [0.05, 0.1) is 22.7 Å². The van der Waals surface area contributed by atoms with Crippen molar-refractivity contribution in [3.05, 3.63) is 218 Å². The van der Waals surface area contributed by atoms with Crippen molar-refractivity contribution >= 4 is 95.8 Å². The van der Waals surface area contributed by atoms with Crippen LogP contribution < -0.4 is 40.6 Å². The zero-order valence-corrected chi connectivity index (χ0v) is 33.5. The van der Waals surface area contributed by atoms with Gasteiger partial charge in [0.1, 0.15) is 28.7 Å². The Morgan fingerprint density at radius 1 is 0.355 bits per heavy atom. The van der Waals surface area contributed by atoms with Crippen LogP contribution >= 0.6 is 0 Å². The van der Waals surface area contributed by atoms with E-state index in [9.17, 15) is 0 Å². The Morgan fingerprint density at radius 2 is 0.823 bits per heavy atom. The Morgan fingerprint density at radius 3 is 1.42 bits per heavy atom. The molecule has 0 N–H and O–H groups in total.